The van der Waals surface area contributed by atoms with Gasteiger partial charge in [0.05, 0.1) is 5.41 Å². The molecular weight excluding hydrogens is 488 g/mol. The molecule has 2 nitrogen and oxygen atoms in total. The van der Waals surface area contributed by atoms with Crippen LogP contribution >= 0.6 is 0 Å². The Morgan fingerprint density at radius 3 is 1.32 bits per heavy atom. The maximum Gasteiger partial charge on any atom is 0.185 e. The third kappa shape index (κ3) is 4.86. The quantitative estimate of drug-likeness (QED) is 0.320. The molecule has 0 heterocycles. The number of hydrogen-bond donors (Lipinski definition) is 0. The third-order valence-electron chi connectivity index (χ3n) is 11.0. The van der Waals surface area contributed by atoms with E-state index < -0.39 is 10.8 Å². The van der Waals surface area contributed by atoms with Crippen LogP contribution in [0.3, 0.4) is 0 Å². The van der Waals surface area contributed by atoms with E-state index in [0.29, 0.717) is 18.1 Å². The molecule has 0 N–H and O–H groups in total. The van der Waals surface area contributed by atoms with Gasteiger partial charge in [-0.05, 0) is 51.2 Å². The normalized spacial score (nSPS) is 29.9. The van der Waals surface area contributed by atoms with Gasteiger partial charge in [-0.15, -0.1) is 0 Å². The SMILES string of the molecule is CC(C)(C)C1=CC(CC2(C(C)(C)C)C=C(C(C)(C)C)C3CC3(C(C)(C)C)C2=O)(C(C)(C)C)C=C(C(C)(C)C)C1=O. The summed E-state index contributed by atoms with van der Waals surface area (Å²) in [6.45, 7) is 40.4. The highest BCUT2D eigenvalue weighted by atomic mass is 16.1. The lowest BCUT2D eigenvalue weighted by molar-refractivity contribution is -0.146. The third-order valence-corrected chi connectivity index (χ3v) is 11.0. The molecule has 226 valence electrons. The average Bonchev–Trinajstić information content (AvgIpc) is 3.44. The number of carbonyl (C=O) groups excluding carboxylic acids is 2. The zero-order valence-electron chi connectivity index (χ0n) is 29.5. The molecule has 0 aromatic heterocycles. The zero-order chi connectivity index (χ0) is 31.5. The van der Waals surface area contributed by atoms with Crippen LogP contribution < -0.4 is 0 Å². The highest BCUT2D eigenvalue weighted by Crippen LogP contribution is 2.76. The first-order valence-corrected chi connectivity index (χ1v) is 15.7. The second kappa shape index (κ2) is 8.79. The van der Waals surface area contributed by atoms with E-state index in [0.717, 1.165) is 17.6 Å². The van der Waals surface area contributed by atoms with Crippen molar-refractivity contribution in [2.24, 2.45) is 54.7 Å². The van der Waals surface area contributed by atoms with Crippen molar-refractivity contribution in [3.8, 4) is 0 Å². The van der Waals surface area contributed by atoms with E-state index in [1.165, 1.54) is 5.57 Å². The van der Waals surface area contributed by atoms with Crippen LogP contribution in [0.1, 0.15) is 137 Å². The van der Waals surface area contributed by atoms with Gasteiger partial charge in [0.1, 0.15) is 0 Å². The van der Waals surface area contributed by atoms with Crippen molar-refractivity contribution in [3.05, 3.63) is 34.9 Å². The molecule has 0 saturated heterocycles. The summed E-state index contributed by atoms with van der Waals surface area (Å²) in [6.07, 6.45) is 8.68. The lowest BCUT2D eigenvalue weighted by atomic mass is 9.45. The first-order chi connectivity index (χ1) is 17.4. The smallest absolute Gasteiger partial charge is 0.185 e. The van der Waals surface area contributed by atoms with E-state index in [1.807, 2.05) is 0 Å². The minimum atomic E-state index is -0.678. The van der Waals surface area contributed by atoms with Crippen LogP contribution in [0, 0.1) is 54.7 Å². The average molecular weight is 551 g/mol. The maximum absolute atomic E-state index is 15.4. The summed E-state index contributed by atoms with van der Waals surface area (Å²) in [6, 6.07) is 0. The van der Waals surface area contributed by atoms with Crippen LogP contribution in [0.5, 0.6) is 0 Å². The lowest BCUT2D eigenvalue weighted by Crippen LogP contribution is -2.56. The number of allylic oxidation sites excluding steroid dienone is 6. The summed E-state index contributed by atoms with van der Waals surface area (Å²) in [5.41, 5.74) is 0.433. The van der Waals surface area contributed by atoms with Gasteiger partial charge in [-0.2, -0.15) is 0 Å². The molecule has 0 amide bonds. The summed E-state index contributed by atoms with van der Waals surface area (Å²) < 4.78 is 0. The summed E-state index contributed by atoms with van der Waals surface area (Å²) >= 11 is 0. The predicted octanol–water partition coefficient (Wildman–Crippen LogP) is 10.6. The second-order valence-electron chi connectivity index (χ2n) is 19.8. The van der Waals surface area contributed by atoms with Gasteiger partial charge < -0.3 is 0 Å². The lowest BCUT2D eigenvalue weighted by Gasteiger charge is -2.56. The predicted molar refractivity (Wildman–Crippen MR) is 171 cm³/mol. The Balaban J connectivity index is 2.50. The van der Waals surface area contributed by atoms with Gasteiger partial charge in [-0.25, -0.2) is 0 Å². The van der Waals surface area contributed by atoms with Crippen molar-refractivity contribution >= 4 is 11.6 Å². The molecule has 2 heteroatoms. The van der Waals surface area contributed by atoms with Crippen molar-refractivity contribution in [3.63, 3.8) is 0 Å². The first kappa shape index (κ1) is 33.1. The molecule has 0 bridgehead atoms. The highest BCUT2D eigenvalue weighted by Gasteiger charge is 2.75. The molecule has 0 spiro atoms. The van der Waals surface area contributed by atoms with Crippen LogP contribution in [0.2, 0.25) is 0 Å². The van der Waals surface area contributed by atoms with E-state index in [4.69, 9.17) is 0 Å². The first-order valence-electron chi connectivity index (χ1n) is 15.7. The van der Waals surface area contributed by atoms with Crippen LogP contribution in [-0.2, 0) is 9.59 Å². The Morgan fingerprint density at radius 2 is 1.02 bits per heavy atom. The number of rotatable bonds is 2. The summed E-state index contributed by atoms with van der Waals surface area (Å²) in [7, 11) is 0. The van der Waals surface area contributed by atoms with Crippen LogP contribution in [0.15, 0.2) is 34.9 Å². The minimum absolute atomic E-state index is 0.0227. The van der Waals surface area contributed by atoms with Crippen LogP contribution in [0.25, 0.3) is 0 Å². The van der Waals surface area contributed by atoms with Crippen molar-refractivity contribution in [1.29, 1.82) is 0 Å². The number of fused-ring (bicyclic) bond motifs is 1. The Hall–Kier alpha value is -1.44. The monoisotopic (exact) mass is 550 g/mol. The highest BCUT2D eigenvalue weighted by molar-refractivity contribution is 6.11. The number of Topliss-reactive ketones (excluding diaryl/α,β-unsaturated/α-hetero) is 2. The molecule has 1 fully saturated rings. The number of hydrogen-bond acceptors (Lipinski definition) is 2. The molecule has 1 saturated carbocycles. The van der Waals surface area contributed by atoms with Crippen molar-refractivity contribution in [2.75, 3.05) is 0 Å². The molecule has 0 radical (unpaired) electrons. The van der Waals surface area contributed by atoms with Gasteiger partial charge in [-0.1, -0.05) is 148 Å². The molecular formula is C38H62O2. The molecule has 0 aromatic carbocycles. The molecule has 3 unspecified atom stereocenters. The van der Waals surface area contributed by atoms with E-state index in [-0.39, 0.29) is 43.7 Å². The fraction of sp³-hybridized carbons (Fsp3) is 0.789. The second-order valence-corrected chi connectivity index (χ2v) is 19.8. The van der Waals surface area contributed by atoms with Gasteiger partial charge in [0.25, 0.3) is 0 Å². The topological polar surface area (TPSA) is 34.1 Å². The van der Waals surface area contributed by atoms with Crippen LogP contribution in [-0.4, -0.2) is 11.6 Å². The van der Waals surface area contributed by atoms with E-state index in [1.54, 1.807) is 0 Å². The minimum Gasteiger partial charge on any atom is -0.298 e. The van der Waals surface area contributed by atoms with Gasteiger partial charge >= 0.3 is 0 Å². The Kier molecular flexibility index (Phi) is 7.27. The number of ketones is 2. The summed E-state index contributed by atoms with van der Waals surface area (Å²) in [4.78, 5) is 29.5. The Morgan fingerprint density at radius 1 is 0.600 bits per heavy atom. The van der Waals surface area contributed by atoms with Crippen LogP contribution in [0.4, 0.5) is 0 Å². The molecule has 3 atom stereocenters. The van der Waals surface area contributed by atoms with Crippen molar-refractivity contribution < 1.29 is 9.59 Å². The van der Waals surface area contributed by atoms with Gasteiger partial charge in [0, 0.05) is 22.0 Å². The van der Waals surface area contributed by atoms with Gasteiger partial charge in [0.15, 0.2) is 11.6 Å². The molecule has 3 aliphatic carbocycles. The van der Waals surface area contributed by atoms with E-state index in [9.17, 15) is 4.79 Å². The zero-order valence-corrected chi connectivity index (χ0v) is 29.5. The fourth-order valence-electron chi connectivity index (χ4n) is 7.79. The molecule has 0 aromatic rings. The van der Waals surface area contributed by atoms with Crippen molar-refractivity contribution in [1.82, 2.24) is 0 Å². The number of carbonyl (C=O) groups is 2. The summed E-state index contributed by atoms with van der Waals surface area (Å²) in [5, 5.41) is 0. The standard InChI is InChI=1S/C38H62O2/c1-30(2,3)24-21-37(34(13,14)15,29(40)38(22-25(24)38)35(16,17)18)23-36(33(10,11)12)19-26(31(4,5)6)28(39)27(20-36)32(7,8)9/h19-21,25H,22-23H2,1-18H3. The van der Waals surface area contributed by atoms with Gasteiger partial charge in [0.2, 0.25) is 0 Å². The molecule has 0 aliphatic heterocycles. The molecule has 40 heavy (non-hydrogen) atoms. The Labute approximate surface area is 247 Å². The largest absolute Gasteiger partial charge is 0.298 e. The van der Waals surface area contributed by atoms with Crippen molar-refractivity contribution in [2.45, 2.75) is 137 Å². The maximum atomic E-state index is 15.4. The fourth-order valence-corrected chi connectivity index (χ4v) is 7.79. The summed E-state index contributed by atoms with van der Waals surface area (Å²) in [5.74, 6) is 0.907. The van der Waals surface area contributed by atoms with Gasteiger partial charge in [-0.3, -0.25) is 9.59 Å². The van der Waals surface area contributed by atoms with E-state index in [2.05, 4.69) is 143 Å². The van der Waals surface area contributed by atoms with E-state index >= 15 is 4.79 Å². The Bertz CT molecular complexity index is 1140. The molecule has 3 aliphatic rings. The molecule has 3 rings (SSSR count).